The monoisotopic (exact) mass is 379 g/mol. The van der Waals surface area contributed by atoms with Gasteiger partial charge in [-0.25, -0.2) is 9.36 Å². The van der Waals surface area contributed by atoms with Crippen molar-refractivity contribution >= 4 is 5.91 Å². The van der Waals surface area contributed by atoms with E-state index in [2.05, 4.69) is 26.0 Å². The van der Waals surface area contributed by atoms with E-state index in [0.717, 1.165) is 42.9 Å². The van der Waals surface area contributed by atoms with Gasteiger partial charge in [0.15, 0.2) is 5.69 Å². The fourth-order valence-electron chi connectivity index (χ4n) is 3.56. The number of nitrogens with zero attached hydrogens (tertiary/aromatic N) is 5. The fraction of sp³-hybridized carbons (Fsp3) is 0.400. The van der Waals surface area contributed by atoms with Crippen molar-refractivity contribution in [3.05, 3.63) is 59.7 Å². The number of nitrogens with one attached hydrogen (secondary N) is 2. The Morgan fingerprint density at radius 1 is 1.25 bits per heavy atom. The molecule has 8 heteroatoms. The first-order valence-electron chi connectivity index (χ1n) is 9.72. The highest BCUT2D eigenvalue weighted by molar-refractivity contribution is 5.93. The van der Waals surface area contributed by atoms with Gasteiger partial charge in [-0.3, -0.25) is 4.79 Å². The minimum absolute atomic E-state index is 0.173. The molecule has 0 bridgehead atoms. The van der Waals surface area contributed by atoms with Crippen LogP contribution in [0, 0.1) is 6.92 Å². The second kappa shape index (κ2) is 8.35. The highest BCUT2D eigenvalue weighted by Crippen LogP contribution is 2.20. The van der Waals surface area contributed by atoms with E-state index >= 15 is 0 Å². The number of rotatable bonds is 6. The molecule has 0 atom stereocenters. The van der Waals surface area contributed by atoms with Crippen LogP contribution < -0.4 is 10.6 Å². The first-order valence-corrected chi connectivity index (χ1v) is 9.72. The summed E-state index contributed by atoms with van der Waals surface area (Å²) in [6, 6.07) is 10.3. The lowest BCUT2D eigenvalue weighted by Gasteiger charge is -2.23. The Bertz CT molecular complexity index is 925. The molecule has 3 aromatic rings. The molecule has 1 saturated heterocycles. The molecular formula is C20H25N7O. The van der Waals surface area contributed by atoms with E-state index < -0.39 is 0 Å². The van der Waals surface area contributed by atoms with Crippen molar-refractivity contribution in [3.63, 3.8) is 0 Å². The van der Waals surface area contributed by atoms with Gasteiger partial charge in [-0.2, -0.15) is 5.10 Å². The van der Waals surface area contributed by atoms with Crippen LogP contribution in [-0.2, 0) is 6.42 Å². The van der Waals surface area contributed by atoms with Gasteiger partial charge in [0.2, 0.25) is 0 Å². The SMILES string of the molecule is Cc1c(C(=O)NCCc2cnn(-c3ccccc3)c2)nnn1C1CCNCC1. The van der Waals surface area contributed by atoms with Crippen LogP contribution in [0.25, 0.3) is 5.69 Å². The molecule has 2 N–H and O–H groups in total. The van der Waals surface area contributed by atoms with Crippen molar-refractivity contribution in [3.8, 4) is 5.69 Å². The molecule has 1 amide bonds. The molecule has 0 saturated carbocycles. The van der Waals surface area contributed by atoms with Gasteiger partial charge < -0.3 is 10.6 Å². The van der Waals surface area contributed by atoms with Gasteiger partial charge >= 0.3 is 0 Å². The highest BCUT2D eigenvalue weighted by atomic mass is 16.2. The number of benzene rings is 1. The van der Waals surface area contributed by atoms with Crippen LogP contribution in [0.1, 0.15) is 40.6 Å². The molecular weight excluding hydrogens is 354 g/mol. The zero-order valence-electron chi connectivity index (χ0n) is 16.0. The van der Waals surface area contributed by atoms with E-state index in [4.69, 9.17) is 0 Å². The average Bonchev–Trinajstić information content (AvgIpc) is 3.36. The summed E-state index contributed by atoms with van der Waals surface area (Å²) >= 11 is 0. The van der Waals surface area contributed by atoms with Gasteiger partial charge in [0.1, 0.15) is 0 Å². The molecule has 1 fully saturated rings. The Balaban J connectivity index is 1.33. The molecule has 2 aromatic heterocycles. The first-order chi connectivity index (χ1) is 13.7. The lowest BCUT2D eigenvalue weighted by atomic mass is 10.1. The summed E-state index contributed by atoms with van der Waals surface area (Å²) < 4.78 is 3.74. The molecule has 8 nitrogen and oxygen atoms in total. The maximum absolute atomic E-state index is 12.5. The lowest BCUT2D eigenvalue weighted by Crippen LogP contribution is -2.30. The normalized spacial score (nSPS) is 14.9. The fourth-order valence-corrected chi connectivity index (χ4v) is 3.56. The summed E-state index contributed by atoms with van der Waals surface area (Å²) in [6.07, 6.45) is 6.55. The van der Waals surface area contributed by atoms with Crippen LogP contribution in [-0.4, -0.2) is 50.3 Å². The minimum Gasteiger partial charge on any atom is -0.350 e. The number of hydrogen-bond acceptors (Lipinski definition) is 5. The molecule has 0 aliphatic carbocycles. The van der Waals surface area contributed by atoms with E-state index in [9.17, 15) is 4.79 Å². The van der Waals surface area contributed by atoms with Crippen molar-refractivity contribution in [2.75, 3.05) is 19.6 Å². The summed E-state index contributed by atoms with van der Waals surface area (Å²) in [4.78, 5) is 12.5. The third-order valence-corrected chi connectivity index (χ3v) is 5.15. The van der Waals surface area contributed by atoms with E-state index in [1.807, 2.05) is 59.0 Å². The largest absolute Gasteiger partial charge is 0.350 e. The van der Waals surface area contributed by atoms with Gasteiger partial charge in [0.25, 0.3) is 5.91 Å². The standard InChI is InChI=1S/C20H25N7O/c1-15-19(24-25-27(15)18-8-10-21-11-9-18)20(28)22-12-7-16-13-23-26(14-16)17-5-3-2-4-6-17/h2-6,13-14,18,21H,7-12H2,1H3,(H,22,28). The number of carbonyl (C=O) groups is 1. The number of piperidine rings is 1. The Labute approximate surface area is 163 Å². The van der Waals surface area contributed by atoms with E-state index in [0.29, 0.717) is 24.7 Å². The molecule has 0 spiro atoms. The minimum atomic E-state index is -0.173. The number of carbonyl (C=O) groups excluding carboxylic acids is 1. The quantitative estimate of drug-likeness (QED) is 0.680. The van der Waals surface area contributed by atoms with Crippen molar-refractivity contribution in [1.82, 2.24) is 35.4 Å². The smallest absolute Gasteiger partial charge is 0.273 e. The zero-order valence-corrected chi connectivity index (χ0v) is 16.0. The van der Waals surface area contributed by atoms with Crippen LogP contribution in [0.5, 0.6) is 0 Å². The van der Waals surface area contributed by atoms with Crippen molar-refractivity contribution in [2.24, 2.45) is 0 Å². The van der Waals surface area contributed by atoms with Gasteiger partial charge in [0, 0.05) is 12.7 Å². The van der Waals surface area contributed by atoms with E-state index in [-0.39, 0.29) is 5.91 Å². The molecule has 1 aliphatic rings. The molecule has 1 aliphatic heterocycles. The van der Waals surface area contributed by atoms with Crippen LogP contribution in [0.4, 0.5) is 0 Å². The topological polar surface area (TPSA) is 89.7 Å². The third kappa shape index (κ3) is 3.96. The van der Waals surface area contributed by atoms with Gasteiger partial charge in [-0.1, -0.05) is 23.4 Å². The summed E-state index contributed by atoms with van der Waals surface area (Å²) in [6.45, 7) is 4.39. The van der Waals surface area contributed by atoms with E-state index in [1.165, 1.54) is 0 Å². The Hall–Kier alpha value is -3.00. The maximum atomic E-state index is 12.5. The van der Waals surface area contributed by atoms with Crippen LogP contribution >= 0.6 is 0 Å². The average molecular weight is 379 g/mol. The summed E-state index contributed by atoms with van der Waals surface area (Å²) in [7, 11) is 0. The second-order valence-corrected chi connectivity index (χ2v) is 7.08. The summed E-state index contributed by atoms with van der Waals surface area (Å²) in [5.41, 5.74) is 3.34. The van der Waals surface area contributed by atoms with Crippen molar-refractivity contribution in [2.45, 2.75) is 32.2 Å². The van der Waals surface area contributed by atoms with Crippen molar-refractivity contribution in [1.29, 1.82) is 0 Å². The predicted molar refractivity (Wildman–Crippen MR) is 106 cm³/mol. The first kappa shape index (κ1) is 18.4. The Morgan fingerprint density at radius 2 is 2.04 bits per heavy atom. The van der Waals surface area contributed by atoms with Crippen molar-refractivity contribution < 1.29 is 4.79 Å². The molecule has 28 heavy (non-hydrogen) atoms. The number of para-hydroxylation sites is 1. The second-order valence-electron chi connectivity index (χ2n) is 7.08. The third-order valence-electron chi connectivity index (χ3n) is 5.15. The highest BCUT2D eigenvalue weighted by Gasteiger charge is 2.22. The molecule has 0 radical (unpaired) electrons. The summed E-state index contributed by atoms with van der Waals surface area (Å²) in [5.74, 6) is -0.173. The summed E-state index contributed by atoms with van der Waals surface area (Å²) in [5, 5.41) is 19.0. The van der Waals surface area contributed by atoms with Gasteiger partial charge in [-0.05, 0) is 57.0 Å². The van der Waals surface area contributed by atoms with Gasteiger partial charge in [-0.15, -0.1) is 5.10 Å². The zero-order chi connectivity index (χ0) is 19.3. The van der Waals surface area contributed by atoms with Gasteiger partial charge in [0.05, 0.1) is 23.6 Å². The van der Waals surface area contributed by atoms with Crippen LogP contribution in [0.2, 0.25) is 0 Å². The Morgan fingerprint density at radius 3 is 2.82 bits per heavy atom. The predicted octanol–water partition coefficient (Wildman–Crippen LogP) is 1.67. The maximum Gasteiger partial charge on any atom is 0.273 e. The number of aromatic nitrogens is 5. The molecule has 4 rings (SSSR count). The van der Waals surface area contributed by atoms with Crippen LogP contribution in [0.15, 0.2) is 42.7 Å². The van der Waals surface area contributed by atoms with E-state index in [1.54, 1.807) is 0 Å². The Kier molecular flexibility index (Phi) is 5.48. The molecule has 146 valence electrons. The number of hydrogen-bond donors (Lipinski definition) is 2. The number of amides is 1. The molecule has 1 aromatic carbocycles. The lowest BCUT2D eigenvalue weighted by molar-refractivity contribution is 0.0948. The van der Waals surface area contributed by atoms with Crippen LogP contribution in [0.3, 0.4) is 0 Å². The molecule has 3 heterocycles. The molecule has 0 unspecified atom stereocenters.